The van der Waals surface area contributed by atoms with Crippen molar-refractivity contribution in [2.24, 2.45) is 11.3 Å². The number of nitrogens with one attached hydrogen (secondary N) is 1. The first kappa shape index (κ1) is 10.5. The second-order valence-electron chi connectivity index (χ2n) is 5.32. The average molecular weight is 240 g/mol. The summed E-state index contributed by atoms with van der Waals surface area (Å²) in [5.74, 6) is 0.493. The highest BCUT2D eigenvalue weighted by Gasteiger charge is 2.47. The van der Waals surface area contributed by atoms with Gasteiger partial charge in [0.2, 0.25) is 0 Å². The van der Waals surface area contributed by atoms with Crippen LogP contribution in [0, 0.1) is 17.2 Å². The highest BCUT2D eigenvalue weighted by atomic mass is 35.5. The topological polar surface area (TPSA) is 12.0 Å². The standard InChI is InChI=1S/C13H15ClFN/c14-12-4-11(15)2-1-10(12)3-9-5-13(6-9)7-16-8-13/h1-2,4,9,16H,3,5-8H2. The largest absolute Gasteiger partial charge is 0.316 e. The monoisotopic (exact) mass is 239 g/mol. The predicted molar refractivity (Wildman–Crippen MR) is 63.1 cm³/mol. The van der Waals surface area contributed by atoms with Crippen LogP contribution in [-0.4, -0.2) is 13.1 Å². The summed E-state index contributed by atoms with van der Waals surface area (Å²) >= 11 is 6.02. The third-order valence-electron chi connectivity index (χ3n) is 3.97. The molecule has 2 aliphatic rings. The van der Waals surface area contributed by atoms with Gasteiger partial charge in [-0.3, -0.25) is 0 Å². The molecule has 0 bridgehead atoms. The molecular weight excluding hydrogens is 225 g/mol. The van der Waals surface area contributed by atoms with Gasteiger partial charge in [0.1, 0.15) is 5.82 Å². The molecule has 0 amide bonds. The van der Waals surface area contributed by atoms with Gasteiger partial charge >= 0.3 is 0 Å². The molecular formula is C13H15ClFN. The molecule has 1 aromatic rings. The fourth-order valence-corrected chi connectivity index (χ4v) is 3.32. The summed E-state index contributed by atoms with van der Waals surface area (Å²) in [6.07, 6.45) is 3.60. The fourth-order valence-electron chi connectivity index (χ4n) is 3.07. The first-order valence-corrected chi connectivity index (χ1v) is 6.19. The molecule has 3 rings (SSSR count). The van der Waals surface area contributed by atoms with Gasteiger partial charge in [-0.05, 0) is 48.3 Å². The molecule has 1 saturated carbocycles. The smallest absolute Gasteiger partial charge is 0.124 e. The van der Waals surface area contributed by atoms with Crippen LogP contribution in [0.5, 0.6) is 0 Å². The van der Waals surface area contributed by atoms with Crippen molar-refractivity contribution in [3.8, 4) is 0 Å². The first-order valence-electron chi connectivity index (χ1n) is 5.82. The maximum absolute atomic E-state index is 12.9. The molecule has 3 heteroatoms. The summed E-state index contributed by atoms with van der Waals surface area (Å²) in [7, 11) is 0. The van der Waals surface area contributed by atoms with Crippen LogP contribution in [0.15, 0.2) is 18.2 Å². The van der Waals surface area contributed by atoms with E-state index in [1.54, 1.807) is 0 Å². The molecule has 1 aliphatic heterocycles. The summed E-state index contributed by atoms with van der Waals surface area (Å²) in [5.41, 5.74) is 1.70. The van der Waals surface area contributed by atoms with Gasteiger partial charge < -0.3 is 5.32 Å². The molecule has 2 fully saturated rings. The van der Waals surface area contributed by atoms with Crippen molar-refractivity contribution in [1.29, 1.82) is 0 Å². The first-order chi connectivity index (χ1) is 7.67. The predicted octanol–water partition coefficient (Wildman–Crippen LogP) is 3.02. The Labute approximate surface area is 100.0 Å². The van der Waals surface area contributed by atoms with Crippen LogP contribution in [0.2, 0.25) is 5.02 Å². The van der Waals surface area contributed by atoms with Crippen molar-refractivity contribution in [3.05, 3.63) is 34.6 Å². The lowest BCUT2D eigenvalue weighted by Gasteiger charge is -2.54. The van der Waals surface area contributed by atoms with E-state index in [9.17, 15) is 4.39 Å². The highest BCUT2D eigenvalue weighted by Crippen LogP contribution is 2.49. The minimum absolute atomic E-state index is 0.248. The molecule has 1 N–H and O–H groups in total. The van der Waals surface area contributed by atoms with Crippen molar-refractivity contribution < 1.29 is 4.39 Å². The van der Waals surface area contributed by atoms with Crippen LogP contribution in [0.3, 0.4) is 0 Å². The van der Waals surface area contributed by atoms with Crippen molar-refractivity contribution in [2.75, 3.05) is 13.1 Å². The summed E-state index contributed by atoms with van der Waals surface area (Å²) in [6.45, 7) is 2.36. The minimum atomic E-state index is -0.248. The van der Waals surface area contributed by atoms with E-state index in [-0.39, 0.29) is 5.82 Å². The van der Waals surface area contributed by atoms with Gasteiger partial charge in [0, 0.05) is 18.1 Å². The SMILES string of the molecule is Fc1ccc(CC2CC3(CNC3)C2)c(Cl)c1. The summed E-state index contributed by atoms with van der Waals surface area (Å²) in [6, 6.07) is 4.73. The van der Waals surface area contributed by atoms with E-state index in [2.05, 4.69) is 5.32 Å². The summed E-state index contributed by atoms with van der Waals surface area (Å²) < 4.78 is 12.9. The molecule has 1 aromatic carbocycles. The van der Waals surface area contributed by atoms with Gasteiger partial charge in [0.05, 0.1) is 0 Å². The maximum atomic E-state index is 12.9. The molecule has 0 atom stereocenters. The minimum Gasteiger partial charge on any atom is -0.316 e. The lowest BCUT2D eigenvalue weighted by molar-refractivity contribution is 0.000895. The van der Waals surface area contributed by atoms with Gasteiger partial charge in [-0.2, -0.15) is 0 Å². The zero-order chi connectivity index (χ0) is 11.2. The van der Waals surface area contributed by atoms with Crippen LogP contribution in [0.25, 0.3) is 0 Å². The van der Waals surface area contributed by atoms with E-state index in [0.717, 1.165) is 17.9 Å². The van der Waals surface area contributed by atoms with Crippen LogP contribution >= 0.6 is 11.6 Å². The van der Waals surface area contributed by atoms with Crippen LogP contribution in [0.1, 0.15) is 18.4 Å². The molecule has 1 aliphatic carbocycles. The quantitative estimate of drug-likeness (QED) is 0.837. The van der Waals surface area contributed by atoms with E-state index < -0.39 is 0 Å². The second-order valence-corrected chi connectivity index (χ2v) is 5.72. The van der Waals surface area contributed by atoms with Gasteiger partial charge in [0.15, 0.2) is 0 Å². The Morgan fingerprint density at radius 2 is 2.12 bits per heavy atom. The summed E-state index contributed by atoms with van der Waals surface area (Å²) in [5, 5.41) is 3.91. The van der Waals surface area contributed by atoms with Crippen molar-refractivity contribution >= 4 is 11.6 Å². The van der Waals surface area contributed by atoms with E-state index in [0.29, 0.717) is 10.4 Å². The zero-order valence-corrected chi connectivity index (χ0v) is 9.86. The highest BCUT2D eigenvalue weighted by molar-refractivity contribution is 6.31. The molecule has 16 heavy (non-hydrogen) atoms. The van der Waals surface area contributed by atoms with E-state index in [1.165, 1.54) is 38.1 Å². The van der Waals surface area contributed by atoms with Crippen LogP contribution in [0.4, 0.5) is 4.39 Å². The molecule has 1 heterocycles. The Bertz CT molecular complexity index is 406. The lowest BCUT2D eigenvalue weighted by Crippen LogP contribution is -2.60. The number of hydrogen-bond acceptors (Lipinski definition) is 1. The Morgan fingerprint density at radius 3 is 2.69 bits per heavy atom. The molecule has 0 radical (unpaired) electrons. The molecule has 1 nitrogen and oxygen atoms in total. The normalized spacial score (nSPS) is 22.9. The van der Waals surface area contributed by atoms with Crippen LogP contribution < -0.4 is 5.32 Å². The number of benzene rings is 1. The van der Waals surface area contributed by atoms with Gasteiger partial charge in [-0.1, -0.05) is 17.7 Å². The van der Waals surface area contributed by atoms with Gasteiger partial charge in [0.25, 0.3) is 0 Å². The maximum Gasteiger partial charge on any atom is 0.124 e. The van der Waals surface area contributed by atoms with Crippen molar-refractivity contribution in [2.45, 2.75) is 19.3 Å². The molecule has 0 unspecified atom stereocenters. The molecule has 1 spiro atoms. The Kier molecular flexibility index (Phi) is 2.45. The Hall–Kier alpha value is -0.600. The van der Waals surface area contributed by atoms with Crippen molar-refractivity contribution in [1.82, 2.24) is 5.32 Å². The number of hydrogen-bond donors (Lipinski definition) is 1. The van der Waals surface area contributed by atoms with E-state index in [4.69, 9.17) is 11.6 Å². The molecule has 0 aromatic heterocycles. The van der Waals surface area contributed by atoms with E-state index >= 15 is 0 Å². The lowest BCUT2D eigenvalue weighted by atomic mass is 9.57. The number of halogens is 2. The third kappa shape index (κ3) is 1.74. The Balaban J connectivity index is 1.62. The van der Waals surface area contributed by atoms with Crippen molar-refractivity contribution in [3.63, 3.8) is 0 Å². The van der Waals surface area contributed by atoms with Crippen LogP contribution in [-0.2, 0) is 6.42 Å². The third-order valence-corrected chi connectivity index (χ3v) is 4.32. The molecule has 86 valence electrons. The zero-order valence-electron chi connectivity index (χ0n) is 9.10. The molecule has 1 saturated heterocycles. The van der Waals surface area contributed by atoms with Gasteiger partial charge in [-0.25, -0.2) is 4.39 Å². The Morgan fingerprint density at radius 1 is 1.38 bits per heavy atom. The average Bonchev–Trinajstić information content (AvgIpc) is 2.10. The summed E-state index contributed by atoms with van der Waals surface area (Å²) in [4.78, 5) is 0. The van der Waals surface area contributed by atoms with Gasteiger partial charge in [-0.15, -0.1) is 0 Å². The number of rotatable bonds is 2. The second kappa shape index (κ2) is 3.71. The van der Waals surface area contributed by atoms with E-state index in [1.807, 2.05) is 6.07 Å². The fraction of sp³-hybridized carbons (Fsp3) is 0.538.